The number of hydrogen-bond donors (Lipinski definition) is 0. The predicted octanol–water partition coefficient (Wildman–Crippen LogP) is 3.67. The number of carbonyl (C=O) groups is 4. The van der Waals surface area contributed by atoms with E-state index in [0.29, 0.717) is 23.1 Å². The van der Waals surface area contributed by atoms with Crippen molar-refractivity contribution in [2.45, 2.75) is 19.4 Å². The third kappa shape index (κ3) is 3.00. The fourth-order valence-corrected chi connectivity index (χ4v) is 6.10. The van der Waals surface area contributed by atoms with Crippen molar-refractivity contribution in [1.82, 2.24) is 0 Å². The first-order valence-corrected chi connectivity index (χ1v) is 11.4. The number of carbonyl (C=O) groups excluding carboxylic acids is 4. The number of rotatable bonds is 5. The first kappa shape index (κ1) is 20.1. The summed E-state index contributed by atoms with van der Waals surface area (Å²) in [5.41, 5.74) is 1.03. The number of Topliss-reactive ketones (excluding diaryl/α,β-unsaturated/α-hetero) is 1. The zero-order chi connectivity index (χ0) is 22.9. The predicted molar refractivity (Wildman–Crippen MR) is 119 cm³/mol. The number of imide groups is 1. The summed E-state index contributed by atoms with van der Waals surface area (Å²) in [6.45, 7) is 1.53. The van der Waals surface area contributed by atoms with E-state index >= 15 is 0 Å². The van der Waals surface area contributed by atoms with E-state index < -0.39 is 12.1 Å². The van der Waals surface area contributed by atoms with Gasteiger partial charge in [0.05, 0.1) is 23.1 Å². The van der Waals surface area contributed by atoms with Crippen LogP contribution in [0.1, 0.15) is 34.1 Å². The van der Waals surface area contributed by atoms with Gasteiger partial charge in [0.2, 0.25) is 17.6 Å². The van der Waals surface area contributed by atoms with Crippen LogP contribution in [0.2, 0.25) is 0 Å². The van der Waals surface area contributed by atoms with Crippen LogP contribution < -0.4 is 4.90 Å². The lowest BCUT2D eigenvalue weighted by Crippen LogP contribution is -2.40. The monoisotopic (exact) mass is 441 g/mol. The van der Waals surface area contributed by atoms with E-state index in [0.717, 1.165) is 6.42 Å². The van der Waals surface area contributed by atoms with Gasteiger partial charge in [-0.1, -0.05) is 48.6 Å². The van der Waals surface area contributed by atoms with Gasteiger partial charge in [0.25, 0.3) is 0 Å². The molecule has 2 bridgehead atoms. The number of hydrogen-bond acceptors (Lipinski definition) is 5. The van der Waals surface area contributed by atoms with Crippen LogP contribution >= 0.6 is 0 Å². The van der Waals surface area contributed by atoms with Gasteiger partial charge in [-0.15, -0.1) is 0 Å². The Kier molecular flexibility index (Phi) is 4.41. The fourth-order valence-electron chi connectivity index (χ4n) is 6.10. The number of nitrogens with zero attached hydrogens (tertiary/aromatic N) is 1. The van der Waals surface area contributed by atoms with Crippen LogP contribution in [0.3, 0.4) is 0 Å². The van der Waals surface area contributed by atoms with E-state index in [9.17, 15) is 19.2 Å². The lowest BCUT2D eigenvalue weighted by atomic mass is 9.63. The normalized spacial score (nSPS) is 31.7. The molecule has 4 aliphatic carbocycles. The van der Waals surface area contributed by atoms with Gasteiger partial charge in [0, 0.05) is 5.56 Å². The highest BCUT2D eigenvalue weighted by Crippen LogP contribution is 2.65. The lowest BCUT2D eigenvalue weighted by molar-refractivity contribution is -0.124. The molecule has 0 spiro atoms. The lowest BCUT2D eigenvalue weighted by Gasteiger charge is -2.37. The molecular weight excluding hydrogens is 418 g/mol. The molecular formula is C27H23NO5. The zero-order valence-corrected chi connectivity index (χ0v) is 18.1. The molecule has 2 aromatic rings. The minimum Gasteiger partial charge on any atom is -0.451 e. The maximum Gasteiger partial charge on any atom is 0.338 e. The van der Waals surface area contributed by atoms with Crippen molar-refractivity contribution < 1.29 is 23.9 Å². The molecule has 166 valence electrons. The summed E-state index contributed by atoms with van der Waals surface area (Å²) < 4.78 is 5.40. The SMILES string of the molecule is C[C@H](OC(=O)c1cccc(N2C(=O)[C@@H]3[C@@H]4C=C[C@H]([C@H]5C[C@H]45)[C@@H]3C2=O)c1)C(=O)c1ccccc1. The van der Waals surface area contributed by atoms with Crippen molar-refractivity contribution in [3.05, 3.63) is 77.9 Å². The molecule has 33 heavy (non-hydrogen) atoms. The van der Waals surface area contributed by atoms with Crippen molar-refractivity contribution in [2.75, 3.05) is 4.90 Å². The Morgan fingerprint density at radius 1 is 0.879 bits per heavy atom. The van der Waals surface area contributed by atoms with Crippen molar-refractivity contribution in [2.24, 2.45) is 35.5 Å². The van der Waals surface area contributed by atoms with Crippen molar-refractivity contribution in [1.29, 1.82) is 0 Å². The average molecular weight is 441 g/mol. The molecule has 1 aliphatic heterocycles. The Balaban J connectivity index is 1.22. The molecule has 1 heterocycles. The number of esters is 1. The zero-order valence-electron chi connectivity index (χ0n) is 18.1. The molecule has 5 aliphatic rings. The minimum absolute atomic E-state index is 0.143. The van der Waals surface area contributed by atoms with E-state index in [1.165, 1.54) is 17.9 Å². The van der Waals surface area contributed by atoms with Gasteiger partial charge in [-0.2, -0.15) is 0 Å². The summed E-state index contributed by atoms with van der Waals surface area (Å²) in [5, 5.41) is 0. The molecule has 0 radical (unpaired) electrons. The third-order valence-corrected chi connectivity index (χ3v) is 7.71. The van der Waals surface area contributed by atoms with E-state index in [1.807, 2.05) is 0 Å². The van der Waals surface area contributed by atoms with Gasteiger partial charge in [0.1, 0.15) is 0 Å². The van der Waals surface area contributed by atoms with Gasteiger partial charge < -0.3 is 4.74 Å². The molecule has 1 saturated heterocycles. The molecule has 2 amide bonds. The standard InChI is InChI=1S/C27H23NO5/c1-14(24(29)15-6-3-2-4-7-15)33-27(32)16-8-5-9-17(12-16)28-25(30)22-18-10-11-19(21-13-20(18)21)23(22)26(28)31/h2-12,14,18-23H,13H2,1H3/t14-,18+,19+,20+,21+,22-,23+/m0/s1. The number of benzene rings is 2. The van der Waals surface area contributed by atoms with Crippen molar-refractivity contribution in [3.8, 4) is 0 Å². The summed E-state index contributed by atoms with van der Waals surface area (Å²) in [6, 6.07) is 15.0. The van der Waals surface area contributed by atoms with Crippen LogP contribution in [-0.2, 0) is 14.3 Å². The summed E-state index contributed by atoms with van der Waals surface area (Å²) in [7, 11) is 0. The molecule has 7 rings (SSSR count). The molecule has 2 saturated carbocycles. The fraction of sp³-hybridized carbons (Fsp3) is 0.333. The number of ketones is 1. The Hall–Kier alpha value is -3.54. The van der Waals surface area contributed by atoms with Crippen molar-refractivity contribution in [3.63, 3.8) is 0 Å². The van der Waals surface area contributed by atoms with E-state index in [-0.39, 0.29) is 46.8 Å². The van der Waals surface area contributed by atoms with Crippen LogP contribution in [0.15, 0.2) is 66.7 Å². The maximum atomic E-state index is 13.3. The highest BCUT2D eigenvalue weighted by molar-refractivity contribution is 6.23. The topological polar surface area (TPSA) is 80.8 Å². The Labute approximate surface area is 191 Å². The van der Waals surface area contributed by atoms with Crippen LogP contribution in [0.25, 0.3) is 0 Å². The smallest absolute Gasteiger partial charge is 0.338 e. The Morgan fingerprint density at radius 2 is 1.48 bits per heavy atom. The highest BCUT2D eigenvalue weighted by Gasteiger charge is 2.67. The first-order valence-electron chi connectivity index (χ1n) is 11.4. The largest absolute Gasteiger partial charge is 0.451 e. The number of anilines is 1. The molecule has 2 aromatic carbocycles. The second-order valence-electron chi connectivity index (χ2n) is 9.49. The van der Waals surface area contributed by atoms with E-state index in [4.69, 9.17) is 4.74 Å². The van der Waals surface area contributed by atoms with Crippen LogP contribution in [0.5, 0.6) is 0 Å². The summed E-state index contributed by atoms with van der Waals surface area (Å²) in [5.74, 6) is -0.560. The summed E-state index contributed by atoms with van der Waals surface area (Å²) >= 11 is 0. The molecule has 0 N–H and O–H groups in total. The van der Waals surface area contributed by atoms with Gasteiger partial charge in [-0.25, -0.2) is 9.69 Å². The number of allylic oxidation sites excluding steroid dienone is 2. The molecule has 0 aromatic heterocycles. The summed E-state index contributed by atoms with van der Waals surface area (Å²) in [6.07, 6.45) is 4.41. The first-order chi connectivity index (χ1) is 16.0. The minimum atomic E-state index is -0.963. The molecule has 6 heteroatoms. The van der Waals surface area contributed by atoms with Gasteiger partial charge >= 0.3 is 5.97 Å². The van der Waals surface area contributed by atoms with Crippen LogP contribution in [0, 0.1) is 35.5 Å². The molecule has 6 nitrogen and oxygen atoms in total. The quantitative estimate of drug-likeness (QED) is 0.306. The molecule has 0 unspecified atom stereocenters. The number of amides is 2. The maximum absolute atomic E-state index is 13.3. The second-order valence-corrected chi connectivity index (χ2v) is 9.49. The Morgan fingerprint density at radius 3 is 2.12 bits per heavy atom. The summed E-state index contributed by atoms with van der Waals surface area (Å²) in [4.78, 5) is 53.2. The molecule has 7 atom stereocenters. The van der Waals surface area contributed by atoms with E-state index in [2.05, 4.69) is 12.2 Å². The average Bonchev–Trinajstić information content (AvgIpc) is 3.62. The van der Waals surface area contributed by atoms with Gasteiger partial charge in [0.15, 0.2) is 6.10 Å². The third-order valence-electron chi connectivity index (χ3n) is 7.71. The van der Waals surface area contributed by atoms with Gasteiger partial charge in [-0.3, -0.25) is 14.4 Å². The van der Waals surface area contributed by atoms with Gasteiger partial charge in [-0.05, 0) is 55.2 Å². The van der Waals surface area contributed by atoms with Crippen molar-refractivity contribution >= 4 is 29.3 Å². The van der Waals surface area contributed by atoms with Crippen LogP contribution in [-0.4, -0.2) is 29.7 Å². The second kappa shape index (κ2) is 7.24. The molecule has 3 fully saturated rings. The van der Waals surface area contributed by atoms with E-state index in [1.54, 1.807) is 48.5 Å². The highest BCUT2D eigenvalue weighted by atomic mass is 16.5. The Bertz CT molecular complexity index is 1180. The van der Waals surface area contributed by atoms with Crippen LogP contribution in [0.4, 0.5) is 5.69 Å². The number of ether oxygens (including phenoxy) is 1.